The number of benzene rings is 1. The van der Waals surface area contributed by atoms with Crippen molar-refractivity contribution in [1.29, 1.82) is 0 Å². The Bertz CT molecular complexity index is 543. The van der Waals surface area contributed by atoms with E-state index in [-0.39, 0.29) is 11.9 Å². The molecule has 18 heavy (non-hydrogen) atoms. The number of rotatable bonds is 3. The molecule has 3 heteroatoms. The molecule has 0 radical (unpaired) electrons. The molecule has 92 valence electrons. The predicted molar refractivity (Wildman–Crippen MR) is 66.5 cm³/mol. The Morgan fingerprint density at radius 3 is 3.00 bits per heavy atom. The van der Waals surface area contributed by atoms with Gasteiger partial charge >= 0.3 is 0 Å². The number of fused-ring (bicyclic) bond motifs is 1. The van der Waals surface area contributed by atoms with Crippen molar-refractivity contribution in [1.82, 2.24) is 0 Å². The maximum absolute atomic E-state index is 12.0. The van der Waals surface area contributed by atoms with Crippen LogP contribution >= 0.6 is 0 Å². The highest BCUT2D eigenvalue weighted by molar-refractivity contribution is 5.96. The predicted octanol–water partition coefficient (Wildman–Crippen LogP) is 3.17. The number of ketones is 1. The first-order chi connectivity index (χ1) is 8.84. The lowest BCUT2D eigenvalue weighted by Gasteiger charge is -2.25. The number of hydrogen-bond acceptors (Lipinski definition) is 3. The molecule has 2 heterocycles. The number of hydrogen-bond donors (Lipinski definition) is 0. The van der Waals surface area contributed by atoms with Crippen LogP contribution in [0.15, 0.2) is 47.3 Å². The van der Waals surface area contributed by atoms with E-state index in [0.29, 0.717) is 18.6 Å². The first kappa shape index (κ1) is 11.2. The smallest absolute Gasteiger partial charge is 0.169 e. The molecule has 1 unspecified atom stereocenters. The molecule has 1 aromatic carbocycles. The second-order valence-electron chi connectivity index (χ2n) is 4.45. The van der Waals surface area contributed by atoms with Crippen molar-refractivity contribution >= 4 is 5.78 Å². The molecule has 1 atom stereocenters. The summed E-state index contributed by atoms with van der Waals surface area (Å²) in [6, 6.07) is 9.86. The molecule has 3 nitrogen and oxygen atoms in total. The molecule has 3 rings (SSSR count). The summed E-state index contributed by atoms with van der Waals surface area (Å²) in [7, 11) is 0. The molecule has 0 bridgehead atoms. The first-order valence-electron chi connectivity index (χ1n) is 6.09. The second-order valence-corrected chi connectivity index (χ2v) is 4.45. The summed E-state index contributed by atoms with van der Waals surface area (Å²) < 4.78 is 10.7. The van der Waals surface area contributed by atoms with E-state index in [4.69, 9.17) is 9.15 Å². The molecule has 0 N–H and O–H groups in total. The lowest BCUT2D eigenvalue weighted by molar-refractivity contribution is 0.0352. The van der Waals surface area contributed by atoms with Gasteiger partial charge in [-0.15, -0.1) is 0 Å². The minimum absolute atomic E-state index is 0.0606. The summed E-state index contributed by atoms with van der Waals surface area (Å²) >= 11 is 0. The van der Waals surface area contributed by atoms with Crippen molar-refractivity contribution in [3.8, 4) is 0 Å². The van der Waals surface area contributed by atoms with Crippen LogP contribution < -0.4 is 0 Å². The number of carbonyl (C=O) groups excluding carboxylic acids is 1. The van der Waals surface area contributed by atoms with E-state index in [9.17, 15) is 4.79 Å². The number of furan rings is 1. The summed E-state index contributed by atoms with van der Waals surface area (Å²) in [5.74, 6) is 0.0606. The molecular formula is C15H14O3. The largest absolute Gasteiger partial charge is 0.472 e. The van der Waals surface area contributed by atoms with E-state index in [1.165, 1.54) is 18.1 Å². The molecule has 1 aliphatic heterocycles. The normalized spacial score (nSPS) is 18.3. The fourth-order valence-electron chi connectivity index (χ4n) is 2.36. The van der Waals surface area contributed by atoms with E-state index < -0.39 is 0 Å². The van der Waals surface area contributed by atoms with E-state index in [0.717, 1.165) is 12.0 Å². The molecule has 2 aromatic rings. The van der Waals surface area contributed by atoms with E-state index >= 15 is 0 Å². The van der Waals surface area contributed by atoms with Crippen molar-refractivity contribution in [2.75, 3.05) is 6.61 Å². The van der Waals surface area contributed by atoms with Crippen molar-refractivity contribution in [3.63, 3.8) is 0 Å². The van der Waals surface area contributed by atoms with Crippen LogP contribution in [0.4, 0.5) is 0 Å². The molecule has 0 amide bonds. The fraction of sp³-hybridized carbons (Fsp3) is 0.267. The summed E-state index contributed by atoms with van der Waals surface area (Å²) in [5.41, 5.74) is 3.04. The number of carbonyl (C=O) groups is 1. The number of Topliss-reactive ketones (excluding diaryl/α,β-unsaturated/α-hetero) is 1. The average molecular weight is 242 g/mol. The van der Waals surface area contributed by atoms with Gasteiger partial charge in [0, 0.05) is 6.42 Å². The SMILES string of the molecule is O=C(CC1OCCc2ccccc21)c1ccoc1. The standard InChI is InChI=1S/C15H14O3/c16-14(12-5-7-17-10-12)9-15-13-4-2-1-3-11(13)6-8-18-15/h1-5,7,10,15H,6,8-9H2. The highest BCUT2D eigenvalue weighted by atomic mass is 16.5. The van der Waals surface area contributed by atoms with E-state index in [2.05, 4.69) is 6.07 Å². The van der Waals surface area contributed by atoms with Crippen molar-refractivity contribution in [3.05, 3.63) is 59.5 Å². The van der Waals surface area contributed by atoms with Gasteiger partial charge in [0.25, 0.3) is 0 Å². The van der Waals surface area contributed by atoms with Crippen molar-refractivity contribution < 1.29 is 13.9 Å². The van der Waals surface area contributed by atoms with Crippen LogP contribution in [-0.4, -0.2) is 12.4 Å². The average Bonchev–Trinajstić information content (AvgIpc) is 2.93. The molecule has 1 aromatic heterocycles. The summed E-state index contributed by atoms with van der Waals surface area (Å²) in [4.78, 5) is 12.0. The third kappa shape index (κ3) is 2.09. The van der Waals surface area contributed by atoms with Crippen LogP contribution in [0.1, 0.15) is 34.0 Å². The zero-order valence-corrected chi connectivity index (χ0v) is 9.96. The zero-order chi connectivity index (χ0) is 12.4. The Morgan fingerprint density at radius 2 is 2.17 bits per heavy atom. The molecule has 0 spiro atoms. The molecule has 0 saturated heterocycles. The summed E-state index contributed by atoms with van der Waals surface area (Å²) in [6.07, 6.45) is 4.17. The number of ether oxygens (including phenoxy) is 1. The lowest BCUT2D eigenvalue weighted by Crippen LogP contribution is -2.19. The molecule has 1 aliphatic rings. The van der Waals surface area contributed by atoms with Gasteiger partial charge in [-0.2, -0.15) is 0 Å². The van der Waals surface area contributed by atoms with Crippen molar-refractivity contribution in [2.24, 2.45) is 0 Å². The van der Waals surface area contributed by atoms with Gasteiger partial charge in [0.15, 0.2) is 5.78 Å². The second kappa shape index (κ2) is 4.78. The quantitative estimate of drug-likeness (QED) is 0.776. The van der Waals surface area contributed by atoms with Crippen LogP contribution in [0, 0.1) is 0 Å². The maximum Gasteiger partial charge on any atom is 0.169 e. The van der Waals surface area contributed by atoms with Gasteiger partial charge in [-0.3, -0.25) is 4.79 Å². The summed E-state index contributed by atoms with van der Waals surface area (Å²) in [5, 5.41) is 0. The van der Waals surface area contributed by atoms with Crippen LogP contribution in [0.5, 0.6) is 0 Å². The van der Waals surface area contributed by atoms with Gasteiger partial charge in [-0.05, 0) is 23.6 Å². The Hall–Kier alpha value is -1.87. The zero-order valence-electron chi connectivity index (χ0n) is 9.96. The van der Waals surface area contributed by atoms with Gasteiger partial charge < -0.3 is 9.15 Å². The van der Waals surface area contributed by atoms with Crippen LogP contribution in [0.25, 0.3) is 0 Å². The minimum Gasteiger partial charge on any atom is -0.472 e. The Balaban J connectivity index is 1.80. The minimum atomic E-state index is -0.127. The first-order valence-corrected chi connectivity index (χ1v) is 6.09. The Morgan fingerprint density at radius 1 is 1.28 bits per heavy atom. The lowest BCUT2D eigenvalue weighted by atomic mass is 9.94. The highest BCUT2D eigenvalue weighted by Crippen LogP contribution is 2.30. The highest BCUT2D eigenvalue weighted by Gasteiger charge is 2.23. The molecular weight excluding hydrogens is 228 g/mol. The third-order valence-electron chi connectivity index (χ3n) is 3.31. The van der Waals surface area contributed by atoms with Gasteiger partial charge in [-0.1, -0.05) is 24.3 Å². The van der Waals surface area contributed by atoms with Crippen LogP contribution in [0.2, 0.25) is 0 Å². The topological polar surface area (TPSA) is 39.4 Å². The van der Waals surface area contributed by atoms with Gasteiger partial charge in [0.2, 0.25) is 0 Å². The molecule has 0 saturated carbocycles. The Kier molecular flexibility index (Phi) is 2.99. The van der Waals surface area contributed by atoms with E-state index in [1.807, 2.05) is 18.2 Å². The van der Waals surface area contributed by atoms with Gasteiger partial charge in [0.1, 0.15) is 6.26 Å². The molecule has 0 aliphatic carbocycles. The van der Waals surface area contributed by atoms with Gasteiger partial charge in [-0.25, -0.2) is 0 Å². The van der Waals surface area contributed by atoms with Crippen LogP contribution in [0.3, 0.4) is 0 Å². The Labute approximate surface area is 105 Å². The van der Waals surface area contributed by atoms with Crippen molar-refractivity contribution in [2.45, 2.75) is 18.9 Å². The third-order valence-corrected chi connectivity index (χ3v) is 3.31. The van der Waals surface area contributed by atoms with Gasteiger partial charge in [0.05, 0.1) is 24.5 Å². The van der Waals surface area contributed by atoms with Crippen LogP contribution in [-0.2, 0) is 11.2 Å². The summed E-state index contributed by atoms with van der Waals surface area (Å²) in [6.45, 7) is 0.681. The van der Waals surface area contributed by atoms with E-state index in [1.54, 1.807) is 6.07 Å². The maximum atomic E-state index is 12.0. The molecule has 0 fully saturated rings. The fourth-order valence-corrected chi connectivity index (χ4v) is 2.36. The monoisotopic (exact) mass is 242 g/mol.